The Morgan fingerprint density at radius 3 is 2.74 bits per heavy atom. The molecule has 0 spiro atoms. The van der Waals surface area contributed by atoms with E-state index in [9.17, 15) is 4.79 Å². The Balaban J connectivity index is 1.35. The number of aryl methyl sites for hydroxylation is 1. The maximum absolute atomic E-state index is 12.5. The number of hydrogen-bond donors (Lipinski definition) is 2. The number of carbonyl (C=O) groups excluding carboxylic acids is 1. The minimum absolute atomic E-state index is 0.215. The number of pyridine rings is 1. The van der Waals surface area contributed by atoms with E-state index < -0.39 is 0 Å². The van der Waals surface area contributed by atoms with Gasteiger partial charge in [-0.3, -0.25) is 14.8 Å². The first-order valence-corrected chi connectivity index (χ1v) is 9.27. The predicted molar refractivity (Wildman–Crippen MR) is 104 cm³/mol. The first-order chi connectivity index (χ1) is 13.2. The van der Waals surface area contributed by atoms with Crippen LogP contribution in [0.25, 0.3) is 11.0 Å². The van der Waals surface area contributed by atoms with Crippen molar-refractivity contribution in [2.75, 3.05) is 31.6 Å². The summed E-state index contributed by atoms with van der Waals surface area (Å²) >= 11 is 0. The summed E-state index contributed by atoms with van der Waals surface area (Å²) in [5.41, 5.74) is 2.11. The molecule has 0 radical (unpaired) electrons. The number of anilines is 1. The van der Waals surface area contributed by atoms with Gasteiger partial charge < -0.3 is 10.1 Å². The fraction of sp³-hybridized carbons (Fsp3) is 0.350. The zero-order valence-corrected chi connectivity index (χ0v) is 15.4. The monoisotopic (exact) mass is 365 g/mol. The molecule has 1 amide bonds. The van der Waals surface area contributed by atoms with Gasteiger partial charge in [-0.1, -0.05) is 0 Å². The van der Waals surface area contributed by atoms with Gasteiger partial charge in [-0.25, -0.2) is 4.98 Å². The number of fused-ring (bicyclic) bond motifs is 1. The van der Waals surface area contributed by atoms with Crippen LogP contribution in [0.15, 0.2) is 36.4 Å². The molecule has 0 bridgehead atoms. The molecule has 1 fully saturated rings. The van der Waals surface area contributed by atoms with Gasteiger partial charge in [0.15, 0.2) is 11.5 Å². The van der Waals surface area contributed by atoms with Crippen LogP contribution in [0.4, 0.5) is 5.82 Å². The molecular weight excluding hydrogens is 342 g/mol. The van der Waals surface area contributed by atoms with Gasteiger partial charge in [0, 0.05) is 17.8 Å². The minimum Gasteiger partial charge on any atom is -0.492 e. The van der Waals surface area contributed by atoms with Crippen LogP contribution in [0.1, 0.15) is 28.9 Å². The van der Waals surface area contributed by atoms with Gasteiger partial charge in [0.05, 0.1) is 5.39 Å². The Hall–Kier alpha value is -2.93. The van der Waals surface area contributed by atoms with E-state index in [1.807, 2.05) is 31.2 Å². The fourth-order valence-electron chi connectivity index (χ4n) is 3.28. The van der Waals surface area contributed by atoms with E-state index in [1.165, 1.54) is 25.9 Å². The number of H-pyrrole nitrogens is 1. The van der Waals surface area contributed by atoms with E-state index >= 15 is 0 Å². The molecule has 2 aromatic heterocycles. The highest BCUT2D eigenvalue weighted by atomic mass is 16.5. The SMILES string of the molecule is Cc1ccc2c(NC(=O)c3ccc(OCCN4CCCC4)cc3)n[nH]c2n1. The molecule has 0 aliphatic carbocycles. The second kappa shape index (κ2) is 7.75. The van der Waals surface area contributed by atoms with Crippen LogP contribution >= 0.6 is 0 Å². The molecule has 4 rings (SSSR count). The van der Waals surface area contributed by atoms with E-state index in [0.717, 1.165) is 23.4 Å². The number of hydrogen-bond acceptors (Lipinski definition) is 5. The van der Waals surface area contributed by atoms with Gasteiger partial charge in [0.1, 0.15) is 12.4 Å². The Bertz CT molecular complexity index is 929. The number of aromatic amines is 1. The summed E-state index contributed by atoms with van der Waals surface area (Å²) in [6, 6.07) is 11.0. The van der Waals surface area contributed by atoms with Crippen LogP contribution in [-0.4, -0.2) is 52.2 Å². The summed E-state index contributed by atoms with van der Waals surface area (Å²) in [6.07, 6.45) is 2.57. The molecule has 2 N–H and O–H groups in total. The van der Waals surface area contributed by atoms with Crippen molar-refractivity contribution in [2.45, 2.75) is 19.8 Å². The maximum Gasteiger partial charge on any atom is 0.256 e. The Kier molecular flexibility index (Phi) is 5.02. The van der Waals surface area contributed by atoms with Gasteiger partial charge in [-0.15, -0.1) is 0 Å². The quantitative estimate of drug-likeness (QED) is 0.702. The second-order valence-electron chi connectivity index (χ2n) is 6.80. The molecule has 7 nitrogen and oxygen atoms in total. The Morgan fingerprint density at radius 1 is 1.19 bits per heavy atom. The molecule has 1 aromatic carbocycles. The number of nitrogens with zero attached hydrogens (tertiary/aromatic N) is 3. The predicted octanol–water partition coefficient (Wildman–Crippen LogP) is 2.99. The number of likely N-dealkylation sites (tertiary alicyclic amines) is 1. The standard InChI is InChI=1S/C20H23N5O2/c1-14-4-9-17-18(21-14)23-24-19(17)22-20(26)15-5-7-16(8-6-15)27-13-12-25-10-2-3-11-25/h4-9H,2-3,10-13H2,1H3,(H2,21,22,23,24,26). The van der Waals surface area contributed by atoms with Crippen LogP contribution in [0.2, 0.25) is 0 Å². The maximum atomic E-state index is 12.5. The third-order valence-corrected chi connectivity index (χ3v) is 4.79. The second-order valence-corrected chi connectivity index (χ2v) is 6.80. The normalized spacial score (nSPS) is 14.6. The van der Waals surface area contributed by atoms with Gasteiger partial charge >= 0.3 is 0 Å². The first-order valence-electron chi connectivity index (χ1n) is 9.27. The van der Waals surface area contributed by atoms with Crippen molar-refractivity contribution < 1.29 is 9.53 Å². The lowest BCUT2D eigenvalue weighted by Crippen LogP contribution is -2.25. The van der Waals surface area contributed by atoms with Crippen LogP contribution in [0, 0.1) is 6.92 Å². The molecule has 1 saturated heterocycles. The molecule has 1 aliphatic rings. The zero-order chi connectivity index (χ0) is 18.6. The molecule has 0 unspecified atom stereocenters. The number of rotatable bonds is 6. The van der Waals surface area contributed by atoms with Crippen LogP contribution in [-0.2, 0) is 0 Å². The number of ether oxygens (including phenoxy) is 1. The van der Waals surface area contributed by atoms with E-state index in [1.54, 1.807) is 12.1 Å². The molecule has 7 heteroatoms. The molecular formula is C20H23N5O2. The third kappa shape index (κ3) is 4.09. The lowest BCUT2D eigenvalue weighted by Gasteiger charge is -2.15. The highest BCUT2D eigenvalue weighted by molar-refractivity contribution is 6.07. The van der Waals surface area contributed by atoms with Crippen LogP contribution in [0.3, 0.4) is 0 Å². The van der Waals surface area contributed by atoms with Crippen molar-refractivity contribution in [1.82, 2.24) is 20.1 Å². The molecule has 3 heterocycles. The molecule has 1 aliphatic heterocycles. The molecule has 27 heavy (non-hydrogen) atoms. The van der Waals surface area contributed by atoms with Crippen molar-refractivity contribution in [3.05, 3.63) is 47.7 Å². The smallest absolute Gasteiger partial charge is 0.256 e. The van der Waals surface area contributed by atoms with Gasteiger partial charge in [0.25, 0.3) is 5.91 Å². The molecule has 3 aromatic rings. The van der Waals surface area contributed by atoms with E-state index in [4.69, 9.17) is 4.74 Å². The molecule has 140 valence electrons. The minimum atomic E-state index is -0.215. The largest absolute Gasteiger partial charge is 0.492 e. The summed E-state index contributed by atoms with van der Waals surface area (Å²) < 4.78 is 5.78. The van der Waals surface area contributed by atoms with E-state index in [0.29, 0.717) is 23.6 Å². The first kappa shape index (κ1) is 17.5. The summed E-state index contributed by atoms with van der Waals surface area (Å²) in [6.45, 7) is 5.85. The number of amides is 1. The lowest BCUT2D eigenvalue weighted by atomic mass is 10.2. The highest BCUT2D eigenvalue weighted by Gasteiger charge is 2.13. The fourth-order valence-corrected chi connectivity index (χ4v) is 3.28. The third-order valence-electron chi connectivity index (χ3n) is 4.79. The number of carbonyl (C=O) groups is 1. The van der Waals surface area contributed by atoms with Gasteiger partial charge in [-0.2, -0.15) is 5.10 Å². The number of nitrogens with one attached hydrogen (secondary N) is 2. The van der Waals surface area contributed by atoms with Crippen LogP contribution in [0.5, 0.6) is 5.75 Å². The van der Waals surface area contributed by atoms with E-state index in [2.05, 4.69) is 25.4 Å². The lowest BCUT2D eigenvalue weighted by molar-refractivity contribution is 0.102. The number of benzene rings is 1. The Labute approximate surface area is 157 Å². The van der Waals surface area contributed by atoms with Crippen molar-refractivity contribution in [3.63, 3.8) is 0 Å². The summed E-state index contributed by atoms with van der Waals surface area (Å²) in [5.74, 6) is 1.04. The van der Waals surface area contributed by atoms with E-state index in [-0.39, 0.29) is 5.91 Å². The average molecular weight is 365 g/mol. The molecule has 0 saturated carbocycles. The number of aromatic nitrogens is 3. The zero-order valence-electron chi connectivity index (χ0n) is 15.4. The van der Waals surface area contributed by atoms with Gasteiger partial charge in [0.2, 0.25) is 0 Å². The van der Waals surface area contributed by atoms with Crippen molar-refractivity contribution >= 4 is 22.8 Å². The topological polar surface area (TPSA) is 83.1 Å². The van der Waals surface area contributed by atoms with Crippen molar-refractivity contribution in [1.29, 1.82) is 0 Å². The molecule has 0 atom stereocenters. The van der Waals surface area contributed by atoms with Crippen molar-refractivity contribution in [3.8, 4) is 5.75 Å². The van der Waals surface area contributed by atoms with Crippen LogP contribution < -0.4 is 10.1 Å². The summed E-state index contributed by atoms with van der Waals surface area (Å²) in [5, 5.41) is 10.6. The summed E-state index contributed by atoms with van der Waals surface area (Å²) in [7, 11) is 0. The van der Waals surface area contributed by atoms with Crippen molar-refractivity contribution in [2.24, 2.45) is 0 Å². The average Bonchev–Trinajstić information content (AvgIpc) is 3.32. The Morgan fingerprint density at radius 2 is 1.96 bits per heavy atom. The highest BCUT2D eigenvalue weighted by Crippen LogP contribution is 2.20. The summed E-state index contributed by atoms with van der Waals surface area (Å²) in [4.78, 5) is 19.3. The van der Waals surface area contributed by atoms with Gasteiger partial charge in [-0.05, 0) is 69.3 Å².